The third-order valence-corrected chi connectivity index (χ3v) is 3.94. The first-order chi connectivity index (χ1) is 9.95. The summed E-state index contributed by atoms with van der Waals surface area (Å²) in [5.41, 5.74) is 0.381. The van der Waals surface area contributed by atoms with Crippen LogP contribution in [0.25, 0.3) is 0 Å². The molecule has 0 bridgehead atoms. The Hall–Kier alpha value is -1.62. The summed E-state index contributed by atoms with van der Waals surface area (Å²) in [5, 5.41) is 2.49. The Labute approximate surface area is 128 Å². The van der Waals surface area contributed by atoms with Crippen LogP contribution in [0.4, 0.5) is 10.1 Å². The summed E-state index contributed by atoms with van der Waals surface area (Å²) < 4.78 is 13.0. The number of nitrogens with zero attached hydrogens (tertiary/aromatic N) is 1. The molecule has 1 fully saturated rings. The number of benzene rings is 1. The lowest BCUT2D eigenvalue weighted by atomic mass is 9.99. The monoisotopic (exact) mass is 312 g/mol. The lowest BCUT2D eigenvalue weighted by molar-refractivity contribution is -0.135. The number of carbonyl (C=O) groups is 2. The van der Waals surface area contributed by atoms with Crippen molar-refractivity contribution in [2.75, 3.05) is 18.4 Å². The summed E-state index contributed by atoms with van der Waals surface area (Å²) in [5.74, 6) is -0.508. The zero-order valence-electron chi connectivity index (χ0n) is 11.9. The van der Waals surface area contributed by atoms with E-state index in [2.05, 4.69) is 12.2 Å². The maximum Gasteiger partial charge on any atom is 0.233 e. The second-order valence-corrected chi connectivity index (χ2v) is 5.82. The fraction of sp³-hybridized carbons (Fsp3) is 0.467. The minimum atomic E-state index is -0.548. The van der Waals surface area contributed by atoms with E-state index in [1.54, 1.807) is 4.90 Å². The summed E-state index contributed by atoms with van der Waals surface area (Å²) in [6.07, 6.45) is 1.74. The summed E-state index contributed by atoms with van der Waals surface area (Å²) in [6, 6.07) is 3.90. The maximum absolute atomic E-state index is 13.0. The van der Waals surface area contributed by atoms with Crippen LogP contribution in [-0.2, 0) is 9.59 Å². The van der Waals surface area contributed by atoms with Crippen LogP contribution in [0.2, 0.25) is 5.02 Å². The van der Waals surface area contributed by atoms with Crippen molar-refractivity contribution in [3.63, 3.8) is 0 Å². The number of likely N-dealkylation sites (tertiary alicyclic amines) is 1. The third-order valence-electron chi connectivity index (χ3n) is 3.65. The summed E-state index contributed by atoms with van der Waals surface area (Å²) in [7, 11) is 0. The first-order valence-corrected chi connectivity index (χ1v) is 7.36. The van der Waals surface area contributed by atoms with Gasteiger partial charge in [0.05, 0.1) is 5.02 Å². The van der Waals surface area contributed by atoms with E-state index in [9.17, 15) is 14.0 Å². The van der Waals surface area contributed by atoms with Gasteiger partial charge in [0.15, 0.2) is 0 Å². The van der Waals surface area contributed by atoms with Gasteiger partial charge in [-0.15, -0.1) is 0 Å². The molecule has 2 amide bonds. The van der Waals surface area contributed by atoms with Crippen molar-refractivity contribution < 1.29 is 14.0 Å². The lowest BCUT2D eigenvalue weighted by Gasteiger charge is -2.30. The van der Waals surface area contributed by atoms with Crippen molar-refractivity contribution in [1.82, 2.24) is 4.90 Å². The Morgan fingerprint density at radius 1 is 1.38 bits per heavy atom. The molecule has 0 atom stereocenters. The highest BCUT2D eigenvalue weighted by atomic mass is 35.5. The first kappa shape index (κ1) is 15.8. The molecule has 0 aromatic heterocycles. The second-order valence-electron chi connectivity index (χ2n) is 5.42. The van der Waals surface area contributed by atoms with Gasteiger partial charge in [0.1, 0.15) is 12.2 Å². The molecule has 4 nitrogen and oxygen atoms in total. The quantitative estimate of drug-likeness (QED) is 0.872. The highest BCUT2D eigenvalue weighted by Crippen LogP contribution is 2.20. The SMILES string of the molecule is CC1CCN(C(=O)CC(=O)Nc2ccc(F)c(Cl)c2)CC1. The van der Waals surface area contributed by atoms with Crippen LogP contribution in [0.1, 0.15) is 26.2 Å². The predicted octanol–water partition coefficient (Wildman–Crippen LogP) is 3.07. The number of amides is 2. The zero-order valence-corrected chi connectivity index (χ0v) is 12.6. The van der Waals surface area contributed by atoms with Crippen LogP contribution < -0.4 is 5.32 Å². The zero-order chi connectivity index (χ0) is 15.4. The first-order valence-electron chi connectivity index (χ1n) is 6.98. The molecule has 6 heteroatoms. The maximum atomic E-state index is 13.0. The Balaban J connectivity index is 1.86. The van der Waals surface area contributed by atoms with E-state index in [0.717, 1.165) is 12.8 Å². The number of anilines is 1. The second kappa shape index (κ2) is 6.89. The van der Waals surface area contributed by atoms with Gasteiger partial charge in [0.2, 0.25) is 11.8 Å². The van der Waals surface area contributed by atoms with E-state index < -0.39 is 11.7 Å². The van der Waals surface area contributed by atoms with Crippen molar-refractivity contribution in [2.45, 2.75) is 26.2 Å². The van der Waals surface area contributed by atoms with Gasteiger partial charge in [-0.05, 0) is 37.0 Å². The fourth-order valence-corrected chi connectivity index (χ4v) is 2.47. The Bertz CT molecular complexity index is 542. The van der Waals surface area contributed by atoms with Crippen LogP contribution in [0.5, 0.6) is 0 Å². The van der Waals surface area contributed by atoms with Crippen LogP contribution >= 0.6 is 11.6 Å². The molecule has 1 saturated heterocycles. The van der Waals surface area contributed by atoms with Crippen LogP contribution in [0.15, 0.2) is 18.2 Å². The molecule has 1 heterocycles. The third kappa shape index (κ3) is 4.43. The van der Waals surface area contributed by atoms with Crippen molar-refractivity contribution in [2.24, 2.45) is 5.92 Å². The molecule has 1 aromatic rings. The van der Waals surface area contributed by atoms with Gasteiger partial charge in [-0.3, -0.25) is 9.59 Å². The number of rotatable bonds is 3. The topological polar surface area (TPSA) is 49.4 Å². The normalized spacial score (nSPS) is 15.9. The Kier molecular flexibility index (Phi) is 5.17. The van der Waals surface area contributed by atoms with Gasteiger partial charge in [-0.2, -0.15) is 0 Å². The van der Waals surface area contributed by atoms with Crippen LogP contribution in [0.3, 0.4) is 0 Å². The number of hydrogen-bond acceptors (Lipinski definition) is 2. The van der Waals surface area contributed by atoms with E-state index in [0.29, 0.717) is 24.7 Å². The van der Waals surface area contributed by atoms with Crippen LogP contribution in [0, 0.1) is 11.7 Å². The molecule has 0 spiro atoms. The molecule has 0 aliphatic carbocycles. The summed E-state index contributed by atoms with van der Waals surface area (Å²) >= 11 is 5.64. The van der Waals surface area contributed by atoms with Gasteiger partial charge < -0.3 is 10.2 Å². The average Bonchev–Trinajstić information content (AvgIpc) is 2.43. The van der Waals surface area contributed by atoms with E-state index in [4.69, 9.17) is 11.6 Å². The number of piperidine rings is 1. The molecule has 1 aliphatic heterocycles. The summed E-state index contributed by atoms with van der Waals surface area (Å²) in [6.45, 7) is 3.57. The van der Waals surface area contributed by atoms with E-state index in [-0.39, 0.29) is 17.4 Å². The standard InChI is InChI=1S/C15H18ClFN2O2/c1-10-4-6-19(7-5-10)15(21)9-14(20)18-11-2-3-13(17)12(16)8-11/h2-3,8,10H,4-7,9H2,1H3,(H,18,20). The number of halogens is 2. The molecule has 0 unspecified atom stereocenters. The van der Waals surface area contributed by atoms with Gasteiger partial charge in [0, 0.05) is 18.8 Å². The molecular formula is C15H18ClFN2O2. The molecule has 1 aromatic carbocycles. The Morgan fingerprint density at radius 3 is 2.67 bits per heavy atom. The van der Waals surface area contributed by atoms with Gasteiger partial charge in [-0.1, -0.05) is 18.5 Å². The van der Waals surface area contributed by atoms with Crippen molar-refractivity contribution >= 4 is 29.1 Å². The molecule has 0 radical (unpaired) electrons. The lowest BCUT2D eigenvalue weighted by Crippen LogP contribution is -2.39. The smallest absolute Gasteiger partial charge is 0.233 e. The molecule has 114 valence electrons. The predicted molar refractivity (Wildman–Crippen MR) is 79.6 cm³/mol. The highest BCUT2D eigenvalue weighted by Gasteiger charge is 2.22. The molecule has 1 N–H and O–H groups in total. The molecule has 21 heavy (non-hydrogen) atoms. The molecular weight excluding hydrogens is 295 g/mol. The summed E-state index contributed by atoms with van der Waals surface area (Å²) in [4.78, 5) is 25.6. The fourth-order valence-electron chi connectivity index (χ4n) is 2.29. The molecule has 1 aliphatic rings. The molecule has 0 saturated carbocycles. The molecule has 2 rings (SSSR count). The highest BCUT2D eigenvalue weighted by molar-refractivity contribution is 6.31. The Morgan fingerprint density at radius 2 is 2.05 bits per heavy atom. The van der Waals surface area contributed by atoms with Crippen molar-refractivity contribution in [1.29, 1.82) is 0 Å². The number of hydrogen-bond donors (Lipinski definition) is 1. The largest absolute Gasteiger partial charge is 0.342 e. The van der Waals surface area contributed by atoms with Crippen molar-refractivity contribution in [3.8, 4) is 0 Å². The minimum Gasteiger partial charge on any atom is -0.342 e. The van der Waals surface area contributed by atoms with Crippen molar-refractivity contribution in [3.05, 3.63) is 29.0 Å². The van der Waals surface area contributed by atoms with E-state index in [1.807, 2.05) is 0 Å². The van der Waals surface area contributed by atoms with E-state index in [1.165, 1.54) is 18.2 Å². The van der Waals surface area contributed by atoms with Gasteiger partial charge >= 0.3 is 0 Å². The van der Waals surface area contributed by atoms with Gasteiger partial charge in [0.25, 0.3) is 0 Å². The number of carbonyl (C=O) groups excluding carboxylic acids is 2. The minimum absolute atomic E-state index is 0.0656. The average molecular weight is 313 g/mol. The number of nitrogens with one attached hydrogen (secondary N) is 1. The van der Waals surface area contributed by atoms with Gasteiger partial charge in [-0.25, -0.2) is 4.39 Å². The van der Waals surface area contributed by atoms with Crippen LogP contribution in [-0.4, -0.2) is 29.8 Å². The van der Waals surface area contributed by atoms with E-state index >= 15 is 0 Å².